The third-order valence-corrected chi connectivity index (χ3v) is 6.04. The van der Waals surface area contributed by atoms with Crippen molar-refractivity contribution in [2.45, 2.75) is 77.8 Å². The molecule has 0 aromatic carbocycles. The zero-order valence-electron chi connectivity index (χ0n) is 12.0. The normalized spacial score (nSPS) is 13.8. The quantitative estimate of drug-likeness (QED) is 0.279. The fourth-order valence-corrected chi connectivity index (χ4v) is 9.06. The molecular formula is C12H27Br2PPd. The summed E-state index contributed by atoms with van der Waals surface area (Å²) in [5.74, 6) is 0. The standard InChI is InChI=1S/C12H27P.2BrH.Pd/c1-10(2,3)13(11(4,5)6)12(7,8)9;;;/h1-9H3;2*1H;/q;;;+2/p-2. The van der Waals surface area contributed by atoms with Crippen molar-refractivity contribution < 1.29 is 13.9 Å². The molecular weight excluding hydrogens is 441 g/mol. The molecule has 0 saturated heterocycles. The van der Waals surface area contributed by atoms with E-state index in [4.69, 9.17) is 0 Å². The van der Waals surface area contributed by atoms with Crippen LogP contribution in [-0.4, -0.2) is 15.5 Å². The third kappa shape index (κ3) is 9.05. The van der Waals surface area contributed by atoms with Crippen LogP contribution in [0.4, 0.5) is 0 Å². The molecule has 0 amide bonds. The van der Waals surface area contributed by atoms with E-state index in [-0.39, 0.29) is 7.92 Å². The van der Waals surface area contributed by atoms with Crippen molar-refractivity contribution in [1.82, 2.24) is 0 Å². The van der Waals surface area contributed by atoms with Gasteiger partial charge in [-0.05, 0) is 15.5 Å². The molecule has 0 saturated carbocycles. The average molecular weight is 469 g/mol. The van der Waals surface area contributed by atoms with Gasteiger partial charge in [-0.25, -0.2) is 0 Å². The number of rotatable bonds is 0. The van der Waals surface area contributed by atoms with Gasteiger partial charge in [0.1, 0.15) is 0 Å². The average Bonchev–Trinajstić information content (AvgIpc) is 1.74. The van der Waals surface area contributed by atoms with Gasteiger partial charge in [0.15, 0.2) is 0 Å². The van der Waals surface area contributed by atoms with E-state index in [2.05, 4.69) is 89.2 Å². The summed E-state index contributed by atoms with van der Waals surface area (Å²) in [5.41, 5.74) is 0. The number of hydrogen-bond acceptors (Lipinski definition) is 0. The predicted octanol–water partition coefficient (Wildman–Crippen LogP) is 6.55. The number of hydrogen-bond donors (Lipinski definition) is 0. The molecule has 104 valence electrons. The van der Waals surface area contributed by atoms with Gasteiger partial charge in [0.25, 0.3) is 0 Å². The van der Waals surface area contributed by atoms with Gasteiger partial charge in [0.2, 0.25) is 0 Å². The fraction of sp³-hybridized carbons (Fsp3) is 1.00. The van der Waals surface area contributed by atoms with Crippen LogP contribution in [0.5, 0.6) is 0 Å². The number of halogens is 2. The zero-order valence-corrected chi connectivity index (χ0v) is 17.6. The van der Waals surface area contributed by atoms with Crippen LogP contribution in [0.1, 0.15) is 62.3 Å². The maximum absolute atomic E-state index is 3.11. The van der Waals surface area contributed by atoms with Crippen LogP contribution in [0.2, 0.25) is 0 Å². The van der Waals surface area contributed by atoms with E-state index < -0.39 is 0 Å². The van der Waals surface area contributed by atoms with Crippen molar-refractivity contribution in [2.24, 2.45) is 0 Å². The van der Waals surface area contributed by atoms with Crippen molar-refractivity contribution in [3.05, 3.63) is 0 Å². The molecule has 0 aliphatic rings. The second-order valence-electron chi connectivity index (χ2n) is 6.89. The van der Waals surface area contributed by atoms with Crippen LogP contribution in [0, 0.1) is 0 Å². The fourth-order valence-electron chi connectivity index (χ4n) is 3.02. The van der Waals surface area contributed by atoms with Crippen molar-refractivity contribution in [3.63, 3.8) is 0 Å². The first-order valence-electron chi connectivity index (χ1n) is 5.41. The van der Waals surface area contributed by atoms with Crippen LogP contribution in [0.25, 0.3) is 0 Å². The monoisotopic (exact) mass is 466 g/mol. The van der Waals surface area contributed by atoms with Gasteiger partial charge >= 0.3 is 40.8 Å². The van der Waals surface area contributed by atoms with Gasteiger partial charge in [-0.1, -0.05) is 70.2 Å². The molecule has 0 fully saturated rings. The molecule has 0 spiro atoms. The molecule has 0 unspecified atom stereocenters. The van der Waals surface area contributed by atoms with E-state index in [9.17, 15) is 0 Å². The summed E-state index contributed by atoms with van der Waals surface area (Å²) in [5, 5.41) is 1.35. The molecule has 0 heterocycles. The van der Waals surface area contributed by atoms with Gasteiger partial charge in [-0.2, -0.15) is 0 Å². The van der Waals surface area contributed by atoms with Gasteiger partial charge < -0.3 is 0 Å². The summed E-state index contributed by atoms with van der Waals surface area (Å²) < 4.78 is 0. The summed E-state index contributed by atoms with van der Waals surface area (Å²) in [4.78, 5) is 0. The third-order valence-electron chi connectivity index (χ3n) is 2.01. The van der Waals surface area contributed by atoms with E-state index >= 15 is 0 Å². The molecule has 0 N–H and O–H groups in total. The molecule has 0 bridgehead atoms. The summed E-state index contributed by atoms with van der Waals surface area (Å²) >= 11 is 6.80. The van der Waals surface area contributed by atoms with E-state index in [1.165, 1.54) is 0 Å². The molecule has 0 aromatic rings. The first-order chi connectivity index (χ1) is 6.78. The van der Waals surface area contributed by atoms with E-state index in [0.717, 1.165) is 0 Å². The van der Waals surface area contributed by atoms with Gasteiger partial charge in [0, 0.05) is 0 Å². The second kappa shape index (κ2) is 7.60. The van der Waals surface area contributed by atoms with Gasteiger partial charge in [-0.15, -0.1) is 0 Å². The Bertz CT molecular complexity index is 153. The van der Waals surface area contributed by atoms with Gasteiger partial charge in [-0.3, -0.25) is 0 Å². The van der Waals surface area contributed by atoms with Crippen LogP contribution >= 0.6 is 34.8 Å². The summed E-state index contributed by atoms with van der Waals surface area (Å²) in [6.07, 6.45) is 0. The Kier molecular flexibility index (Phi) is 9.67. The Morgan fingerprint density at radius 2 is 0.750 bits per heavy atom. The molecule has 0 radical (unpaired) electrons. The summed E-state index contributed by atoms with van der Waals surface area (Å²) in [7, 11) is 0.0162. The predicted molar refractivity (Wildman–Crippen MR) is 84.0 cm³/mol. The van der Waals surface area contributed by atoms with Crippen LogP contribution in [0.15, 0.2) is 0 Å². The first kappa shape index (κ1) is 20.4. The molecule has 16 heavy (non-hydrogen) atoms. The van der Waals surface area contributed by atoms with E-state index in [1.807, 2.05) is 0 Å². The van der Waals surface area contributed by atoms with E-state index in [1.54, 1.807) is 0 Å². The SMILES string of the molecule is CC(C)(C)P(C(C)(C)C)C(C)(C)C.[Br][Pd][Br]. The zero-order chi connectivity index (χ0) is 13.8. The van der Waals surface area contributed by atoms with Crippen LogP contribution in [-0.2, 0) is 13.9 Å². The van der Waals surface area contributed by atoms with Crippen LogP contribution in [0.3, 0.4) is 0 Å². The topological polar surface area (TPSA) is 0 Å². The molecule has 0 atom stereocenters. The van der Waals surface area contributed by atoms with Crippen molar-refractivity contribution in [1.29, 1.82) is 0 Å². The Hall–Kier alpha value is 2.05. The summed E-state index contributed by atoms with van der Waals surface area (Å²) in [6.45, 7) is 21.5. The Labute approximate surface area is 125 Å². The molecule has 0 rings (SSSR count). The van der Waals surface area contributed by atoms with Crippen molar-refractivity contribution in [2.75, 3.05) is 0 Å². The van der Waals surface area contributed by atoms with Crippen molar-refractivity contribution in [3.8, 4) is 0 Å². The molecule has 0 aliphatic carbocycles. The minimum absolute atomic E-state index is 0.0162. The maximum atomic E-state index is 3.11. The minimum atomic E-state index is 0.0162. The van der Waals surface area contributed by atoms with Crippen LogP contribution < -0.4 is 0 Å². The summed E-state index contributed by atoms with van der Waals surface area (Å²) in [6, 6.07) is 0. The van der Waals surface area contributed by atoms with Crippen molar-refractivity contribution >= 4 is 34.8 Å². The Morgan fingerprint density at radius 3 is 0.750 bits per heavy atom. The first-order valence-corrected chi connectivity index (χ1v) is 13.9. The molecule has 4 heteroatoms. The molecule has 0 nitrogen and oxygen atoms in total. The Morgan fingerprint density at radius 1 is 0.625 bits per heavy atom. The molecule has 0 aromatic heterocycles. The second-order valence-corrected chi connectivity index (χ2v) is 18.8. The van der Waals surface area contributed by atoms with E-state index in [0.29, 0.717) is 29.4 Å². The van der Waals surface area contributed by atoms with Gasteiger partial charge in [0.05, 0.1) is 0 Å². The Balaban J connectivity index is 0. The molecule has 0 aliphatic heterocycles.